The highest BCUT2D eigenvalue weighted by atomic mass is 16.6. The molecule has 2 aliphatic heterocycles. The summed E-state index contributed by atoms with van der Waals surface area (Å²) in [6, 6.07) is 24.0. The number of benzene rings is 3. The molecule has 3 aromatic rings. The maximum Gasteiger partial charge on any atom is 0.410 e. The Hall–Kier alpha value is -3.41. The van der Waals surface area contributed by atoms with E-state index < -0.39 is 5.60 Å². The zero-order valence-electron chi connectivity index (χ0n) is 19.6. The van der Waals surface area contributed by atoms with Crippen LogP contribution in [0.3, 0.4) is 0 Å². The van der Waals surface area contributed by atoms with Crippen LogP contribution in [0.25, 0.3) is 17.2 Å². The first-order valence-corrected chi connectivity index (χ1v) is 12.2. The Bertz CT molecular complexity index is 1230. The number of hydrogen-bond acceptors (Lipinski definition) is 4. The molecule has 2 bridgehead atoms. The fourth-order valence-electron chi connectivity index (χ4n) is 6.13. The van der Waals surface area contributed by atoms with Gasteiger partial charge in [-0.1, -0.05) is 79.4 Å². The predicted molar refractivity (Wildman–Crippen MR) is 135 cm³/mol. The fourth-order valence-corrected chi connectivity index (χ4v) is 6.13. The number of amides is 1. The number of hydrogen-bond donors (Lipinski definition) is 1. The number of fused-ring (bicyclic) bond motifs is 5. The van der Waals surface area contributed by atoms with Gasteiger partial charge in [0.2, 0.25) is 0 Å². The molecule has 1 amide bonds. The second-order valence-corrected chi connectivity index (χ2v) is 9.83. The molecule has 2 heterocycles. The van der Waals surface area contributed by atoms with Gasteiger partial charge in [0.15, 0.2) is 0 Å². The molecule has 0 aromatic heterocycles. The molecule has 35 heavy (non-hydrogen) atoms. The highest BCUT2D eigenvalue weighted by Crippen LogP contribution is 2.45. The topological polar surface area (TPSA) is 59.0 Å². The van der Waals surface area contributed by atoms with E-state index in [0.717, 1.165) is 11.1 Å². The Morgan fingerprint density at radius 1 is 1.00 bits per heavy atom. The lowest BCUT2D eigenvalue weighted by Crippen LogP contribution is -2.62. The first-order valence-electron chi connectivity index (χ1n) is 12.2. The highest BCUT2D eigenvalue weighted by molar-refractivity contribution is 5.79. The number of carbonyl (C=O) groups is 1. The van der Waals surface area contributed by atoms with Gasteiger partial charge in [-0.15, -0.1) is 0 Å². The molecular formula is C30H29NO4. The van der Waals surface area contributed by atoms with Gasteiger partial charge in [-0.3, -0.25) is 4.90 Å². The molecule has 1 N–H and O–H groups in total. The third-order valence-corrected chi connectivity index (χ3v) is 7.76. The second-order valence-electron chi connectivity index (χ2n) is 9.83. The van der Waals surface area contributed by atoms with E-state index in [1.165, 1.54) is 22.3 Å². The van der Waals surface area contributed by atoms with E-state index in [9.17, 15) is 9.90 Å². The minimum atomic E-state index is -1.02. The zero-order valence-corrected chi connectivity index (χ0v) is 19.6. The molecular weight excluding hydrogens is 438 g/mol. The average molecular weight is 468 g/mol. The summed E-state index contributed by atoms with van der Waals surface area (Å²) < 4.78 is 11.7. The monoisotopic (exact) mass is 467 g/mol. The van der Waals surface area contributed by atoms with Crippen molar-refractivity contribution < 1.29 is 19.4 Å². The van der Waals surface area contributed by atoms with Crippen LogP contribution in [0.2, 0.25) is 0 Å². The van der Waals surface area contributed by atoms with Crippen LogP contribution in [-0.2, 0) is 15.1 Å². The van der Waals surface area contributed by atoms with Crippen LogP contribution in [-0.4, -0.2) is 48.0 Å². The molecule has 5 nitrogen and oxygen atoms in total. The lowest BCUT2D eigenvalue weighted by molar-refractivity contribution is -0.136. The smallest absolute Gasteiger partial charge is 0.410 e. The SMILES string of the molecule is C=Cc1cccc(C2(O)CC3COCC(C2)N3C(=O)OCC2c3ccccc3-c3ccccc32)c1. The Balaban J connectivity index is 1.21. The maximum atomic E-state index is 13.4. The molecule has 3 aromatic carbocycles. The third kappa shape index (κ3) is 3.76. The highest BCUT2D eigenvalue weighted by Gasteiger charge is 2.49. The van der Waals surface area contributed by atoms with Crippen molar-refractivity contribution in [1.82, 2.24) is 4.90 Å². The normalized spacial score (nSPS) is 25.0. The number of rotatable bonds is 4. The first kappa shape index (κ1) is 22.1. The summed E-state index contributed by atoms with van der Waals surface area (Å²) in [7, 11) is 0. The number of piperidine rings is 1. The lowest BCUT2D eigenvalue weighted by Gasteiger charge is -2.51. The Labute approximate surface area is 205 Å². The van der Waals surface area contributed by atoms with Crippen LogP contribution >= 0.6 is 0 Å². The van der Waals surface area contributed by atoms with Crippen LogP contribution in [0.4, 0.5) is 4.79 Å². The molecule has 3 aliphatic rings. The standard InChI is InChI=1S/C30H29NO4/c1-2-20-8-7-9-21(14-20)30(33)15-22-17-34-18-23(16-30)31(22)29(32)35-19-28-26-12-5-3-10-24(26)25-11-4-6-13-27(25)28/h2-14,22-23,28,33H,1,15-19H2. The van der Waals surface area contributed by atoms with Gasteiger partial charge in [0, 0.05) is 18.8 Å². The second kappa shape index (κ2) is 8.67. The summed E-state index contributed by atoms with van der Waals surface area (Å²) >= 11 is 0. The molecule has 2 saturated heterocycles. The van der Waals surface area contributed by atoms with Gasteiger partial charge in [-0.25, -0.2) is 4.79 Å². The van der Waals surface area contributed by atoms with E-state index in [1.807, 2.05) is 53.4 Å². The minimum absolute atomic E-state index is 0.0193. The molecule has 5 heteroatoms. The molecule has 2 fully saturated rings. The summed E-state index contributed by atoms with van der Waals surface area (Å²) in [5, 5.41) is 11.6. The van der Waals surface area contributed by atoms with Crippen molar-refractivity contribution in [3.63, 3.8) is 0 Å². The van der Waals surface area contributed by atoms with E-state index in [-0.39, 0.29) is 30.7 Å². The number of morpholine rings is 1. The maximum absolute atomic E-state index is 13.4. The van der Waals surface area contributed by atoms with Gasteiger partial charge in [0.25, 0.3) is 0 Å². The summed E-state index contributed by atoms with van der Waals surface area (Å²) in [5.41, 5.74) is 5.62. The molecule has 1 aliphatic carbocycles. The predicted octanol–water partition coefficient (Wildman–Crippen LogP) is 5.33. The molecule has 178 valence electrons. The largest absolute Gasteiger partial charge is 0.448 e. The lowest BCUT2D eigenvalue weighted by atomic mass is 9.76. The Morgan fingerprint density at radius 3 is 2.26 bits per heavy atom. The van der Waals surface area contributed by atoms with Crippen LogP contribution in [0, 0.1) is 0 Å². The number of carbonyl (C=O) groups excluding carboxylic acids is 1. The molecule has 2 atom stereocenters. The van der Waals surface area contributed by atoms with Crippen LogP contribution in [0.15, 0.2) is 79.4 Å². The van der Waals surface area contributed by atoms with Gasteiger partial charge in [0.05, 0.1) is 30.9 Å². The summed E-state index contributed by atoms with van der Waals surface area (Å²) in [4.78, 5) is 15.2. The average Bonchev–Trinajstić information content (AvgIpc) is 3.20. The molecule has 0 saturated carbocycles. The van der Waals surface area contributed by atoms with Crippen molar-refractivity contribution in [2.75, 3.05) is 19.8 Å². The van der Waals surface area contributed by atoms with Crippen molar-refractivity contribution in [3.8, 4) is 11.1 Å². The van der Waals surface area contributed by atoms with E-state index in [1.54, 1.807) is 6.08 Å². The molecule has 0 spiro atoms. The van der Waals surface area contributed by atoms with Crippen molar-refractivity contribution >= 4 is 12.2 Å². The Morgan fingerprint density at radius 2 is 1.63 bits per heavy atom. The number of aliphatic hydroxyl groups is 1. The van der Waals surface area contributed by atoms with Gasteiger partial charge < -0.3 is 14.6 Å². The van der Waals surface area contributed by atoms with E-state index >= 15 is 0 Å². The van der Waals surface area contributed by atoms with Crippen molar-refractivity contribution in [2.45, 2.75) is 36.4 Å². The molecule has 6 rings (SSSR count). The Kier molecular flexibility index (Phi) is 5.47. The zero-order chi connectivity index (χ0) is 24.0. The first-order chi connectivity index (χ1) is 17.1. The quantitative estimate of drug-likeness (QED) is 0.564. The number of ether oxygens (including phenoxy) is 2. The fraction of sp³-hybridized carbons (Fsp3) is 0.300. The third-order valence-electron chi connectivity index (χ3n) is 7.76. The van der Waals surface area contributed by atoms with Crippen molar-refractivity contribution in [3.05, 3.63) is 102 Å². The van der Waals surface area contributed by atoms with E-state index in [0.29, 0.717) is 26.1 Å². The summed E-state index contributed by atoms with van der Waals surface area (Å²) in [5.74, 6) is 0.0193. The summed E-state index contributed by atoms with van der Waals surface area (Å²) in [6.07, 6.45) is 2.28. The van der Waals surface area contributed by atoms with Crippen molar-refractivity contribution in [2.24, 2.45) is 0 Å². The summed E-state index contributed by atoms with van der Waals surface area (Å²) in [6.45, 7) is 4.92. The molecule has 0 radical (unpaired) electrons. The molecule has 2 unspecified atom stereocenters. The number of nitrogens with zero attached hydrogens (tertiary/aromatic N) is 1. The van der Waals surface area contributed by atoms with Gasteiger partial charge in [0.1, 0.15) is 6.61 Å². The van der Waals surface area contributed by atoms with Gasteiger partial charge in [-0.2, -0.15) is 0 Å². The van der Waals surface area contributed by atoms with Crippen LogP contribution in [0.1, 0.15) is 41.0 Å². The van der Waals surface area contributed by atoms with Crippen LogP contribution in [0.5, 0.6) is 0 Å². The van der Waals surface area contributed by atoms with E-state index in [2.05, 4.69) is 30.8 Å². The van der Waals surface area contributed by atoms with Gasteiger partial charge in [-0.05, 0) is 39.4 Å². The minimum Gasteiger partial charge on any atom is -0.448 e. The van der Waals surface area contributed by atoms with Gasteiger partial charge >= 0.3 is 6.09 Å². The van der Waals surface area contributed by atoms with E-state index in [4.69, 9.17) is 9.47 Å². The van der Waals surface area contributed by atoms with Crippen LogP contribution < -0.4 is 0 Å². The van der Waals surface area contributed by atoms with Crippen molar-refractivity contribution in [1.29, 1.82) is 0 Å².